The minimum Gasteiger partial charge on any atom is -0.464 e. The van der Waals surface area contributed by atoms with Gasteiger partial charge in [-0.2, -0.15) is 0 Å². The lowest BCUT2D eigenvalue weighted by molar-refractivity contribution is 0.185. The van der Waals surface area contributed by atoms with Crippen molar-refractivity contribution in [3.05, 3.63) is 35.6 Å². The summed E-state index contributed by atoms with van der Waals surface area (Å²) in [5.41, 5.74) is 8.63. The van der Waals surface area contributed by atoms with Crippen LogP contribution in [0, 0.1) is 0 Å². The smallest absolute Gasteiger partial charge is 0.134 e. The van der Waals surface area contributed by atoms with Gasteiger partial charge in [0.15, 0.2) is 0 Å². The summed E-state index contributed by atoms with van der Waals surface area (Å²) in [6.45, 7) is 1.12. The molecule has 0 amide bonds. The molecule has 0 aliphatic rings. The molecule has 1 aromatic carbocycles. The summed E-state index contributed by atoms with van der Waals surface area (Å²) in [7, 11) is 1.67. The molecule has 2 rings (SSSR count). The van der Waals surface area contributed by atoms with Crippen LogP contribution in [-0.2, 0) is 17.9 Å². The Bertz CT molecular complexity index is 434. The summed E-state index contributed by atoms with van der Waals surface area (Å²) in [5.74, 6) is 0. The van der Waals surface area contributed by atoms with Crippen LogP contribution in [0.25, 0.3) is 11.0 Å². The third kappa shape index (κ3) is 1.52. The highest BCUT2D eigenvalue weighted by molar-refractivity contribution is 5.81. The van der Waals surface area contributed by atoms with Gasteiger partial charge < -0.3 is 14.9 Å². The van der Waals surface area contributed by atoms with E-state index in [0.29, 0.717) is 13.2 Å². The van der Waals surface area contributed by atoms with E-state index in [2.05, 4.69) is 0 Å². The van der Waals surface area contributed by atoms with E-state index in [1.54, 1.807) is 13.4 Å². The maximum Gasteiger partial charge on any atom is 0.134 e. The van der Waals surface area contributed by atoms with Crippen molar-refractivity contribution in [3.63, 3.8) is 0 Å². The second-order valence-corrected chi connectivity index (χ2v) is 3.23. The Morgan fingerprint density at radius 2 is 2.29 bits per heavy atom. The number of methoxy groups -OCH3 is 1. The van der Waals surface area contributed by atoms with Crippen molar-refractivity contribution in [2.45, 2.75) is 13.2 Å². The number of ether oxygens (including phenoxy) is 1. The fraction of sp³-hybridized carbons (Fsp3) is 0.273. The summed E-state index contributed by atoms with van der Waals surface area (Å²) >= 11 is 0. The largest absolute Gasteiger partial charge is 0.464 e. The van der Waals surface area contributed by atoms with Crippen LogP contribution >= 0.6 is 0 Å². The molecule has 0 unspecified atom stereocenters. The van der Waals surface area contributed by atoms with Crippen LogP contribution in [0.2, 0.25) is 0 Å². The first-order chi connectivity index (χ1) is 6.85. The fourth-order valence-corrected chi connectivity index (χ4v) is 1.52. The third-order valence-electron chi connectivity index (χ3n) is 2.25. The minimum atomic E-state index is 0.549. The summed E-state index contributed by atoms with van der Waals surface area (Å²) in [4.78, 5) is 0. The number of rotatable bonds is 3. The van der Waals surface area contributed by atoms with Gasteiger partial charge in [-0.1, -0.05) is 6.07 Å². The monoisotopic (exact) mass is 191 g/mol. The molecule has 14 heavy (non-hydrogen) atoms. The van der Waals surface area contributed by atoms with Gasteiger partial charge in [0.25, 0.3) is 0 Å². The molecule has 3 heteroatoms. The zero-order valence-electron chi connectivity index (χ0n) is 8.12. The number of hydrogen-bond donors (Lipinski definition) is 1. The summed E-state index contributed by atoms with van der Waals surface area (Å²) in [6, 6.07) is 5.96. The Hall–Kier alpha value is -1.32. The van der Waals surface area contributed by atoms with Gasteiger partial charge >= 0.3 is 0 Å². The minimum absolute atomic E-state index is 0.549. The predicted octanol–water partition coefficient (Wildman–Crippen LogP) is 2.04. The lowest BCUT2D eigenvalue weighted by Gasteiger charge is -1.98. The molecule has 0 atom stereocenters. The predicted molar refractivity (Wildman–Crippen MR) is 54.8 cm³/mol. The topological polar surface area (TPSA) is 48.4 Å². The molecule has 1 aromatic heterocycles. The lowest BCUT2D eigenvalue weighted by atomic mass is 10.1. The van der Waals surface area contributed by atoms with Gasteiger partial charge in [-0.15, -0.1) is 0 Å². The molecule has 0 aliphatic heterocycles. The summed E-state index contributed by atoms with van der Waals surface area (Å²) < 4.78 is 10.5. The molecule has 3 nitrogen and oxygen atoms in total. The summed E-state index contributed by atoms with van der Waals surface area (Å²) in [5, 5.41) is 1.09. The van der Waals surface area contributed by atoms with Crippen molar-refractivity contribution in [1.82, 2.24) is 0 Å². The first-order valence-electron chi connectivity index (χ1n) is 4.53. The first kappa shape index (κ1) is 9.24. The van der Waals surface area contributed by atoms with Gasteiger partial charge in [0.1, 0.15) is 5.58 Å². The van der Waals surface area contributed by atoms with Crippen LogP contribution in [0.1, 0.15) is 11.1 Å². The fourth-order valence-electron chi connectivity index (χ4n) is 1.52. The van der Waals surface area contributed by atoms with Crippen molar-refractivity contribution in [1.29, 1.82) is 0 Å². The quantitative estimate of drug-likeness (QED) is 0.807. The lowest BCUT2D eigenvalue weighted by Crippen LogP contribution is -1.95. The van der Waals surface area contributed by atoms with Gasteiger partial charge in [-0.3, -0.25) is 0 Å². The molecular formula is C11H13NO2. The molecule has 74 valence electrons. The van der Waals surface area contributed by atoms with E-state index in [1.807, 2.05) is 18.2 Å². The van der Waals surface area contributed by atoms with E-state index >= 15 is 0 Å². The molecule has 2 N–H and O–H groups in total. The number of nitrogens with two attached hydrogens (primary N) is 1. The van der Waals surface area contributed by atoms with Crippen molar-refractivity contribution in [2.24, 2.45) is 5.73 Å². The zero-order valence-corrected chi connectivity index (χ0v) is 8.12. The van der Waals surface area contributed by atoms with Crippen molar-refractivity contribution in [3.8, 4) is 0 Å². The van der Waals surface area contributed by atoms with Crippen LogP contribution in [0.15, 0.2) is 28.9 Å². The second-order valence-electron chi connectivity index (χ2n) is 3.23. The number of furan rings is 1. The van der Waals surface area contributed by atoms with E-state index in [4.69, 9.17) is 14.9 Å². The highest BCUT2D eigenvalue weighted by atomic mass is 16.5. The molecular weight excluding hydrogens is 178 g/mol. The van der Waals surface area contributed by atoms with Gasteiger partial charge in [0, 0.05) is 24.6 Å². The highest BCUT2D eigenvalue weighted by Gasteiger charge is 2.05. The maximum absolute atomic E-state index is 5.57. The Morgan fingerprint density at radius 3 is 3.00 bits per heavy atom. The van der Waals surface area contributed by atoms with E-state index in [0.717, 1.165) is 22.1 Å². The standard InChI is InChI=1S/C11H13NO2/c1-13-6-9-7-14-11-3-2-8(5-12)4-10(9)11/h2-4,7H,5-6,12H2,1H3. The van der Waals surface area contributed by atoms with Crippen LogP contribution in [0.4, 0.5) is 0 Å². The molecule has 0 bridgehead atoms. The Morgan fingerprint density at radius 1 is 1.43 bits per heavy atom. The Kier molecular flexibility index (Phi) is 2.52. The van der Waals surface area contributed by atoms with Crippen LogP contribution < -0.4 is 5.73 Å². The molecule has 1 heterocycles. The molecule has 0 saturated heterocycles. The van der Waals surface area contributed by atoms with E-state index in [-0.39, 0.29) is 0 Å². The number of fused-ring (bicyclic) bond motifs is 1. The van der Waals surface area contributed by atoms with Crippen LogP contribution in [-0.4, -0.2) is 7.11 Å². The van der Waals surface area contributed by atoms with E-state index in [9.17, 15) is 0 Å². The molecule has 0 spiro atoms. The van der Waals surface area contributed by atoms with E-state index in [1.165, 1.54) is 0 Å². The maximum atomic E-state index is 5.57. The van der Waals surface area contributed by atoms with Crippen molar-refractivity contribution < 1.29 is 9.15 Å². The van der Waals surface area contributed by atoms with Gasteiger partial charge in [-0.25, -0.2) is 0 Å². The average molecular weight is 191 g/mol. The normalized spacial score (nSPS) is 11.0. The first-order valence-corrected chi connectivity index (χ1v) is 4.53. The third-order valence-corrected chi connectivity index (χ3v) is 2.25. The highest BCUT2D eigenvalue weighted by Crippen LogP contribution is 2.22. The molecule has 0 radical (unpaired) electrons. The van der Waals surface area contributed by atoms with Crippen molar-refractivity contribution >= 4 is 11.0 Å². The van der Waals surface area contributed by atoms with E-state index < -0.39 is 0 Å². The molecule has 0 aliphatic carbocycles. The van der Waals surface area contributed by atoms with Gasteiger partial charge in [0.05, 0.1) is 12.9 Å². The average Bonchev–Trinajstić information content (AvgIpc) is 2.61. The SMILES string of the molecule is COCc1coc2ccc(CN)cc12. The zero-order chi connectivity index (χ0) is 9.97. The Labute approximate surface area is 82.5 Å². The summed E-state index contributed by atoms with van der Waals surface area (Å²) in [6.07, 6.45) is 1.73. The molecule has 0 fully saturated rings. The van der Waals surface area contributed by atoms with Crippen LogP contribution in [0.5, 0.6) is 0 Å². The number of hydrogen-bond acceptors (Lipinski definition) is 3. The molecule has 0 saturated carbocycles. The van der Waals surface area contributed by atoms with Gasteiger partial charge in [0.2, 0.25) is 0 Å². The van der Waals surface area contributed by atoms with Gasteiger partial charge in [-0.05, 0) is 17.7 Å². The Balaban J connectivity index is 2.52. The van der Waals surface area contributed by atoms with Crippen molar-refractivity contribution in [2.75, 3.05) is 7.11 Å². The van der Waals surface area contributed by atoms with Crippen LogP contribution in [0.3, 0.4) is 0 Å². The number of benzene rings is 1. The molecule has 2 aromatic rings. The second kappa shape index (κ2) is 3.82.